The highest BCUT2D eigenvalue weighted by atomic mass is 32.1. The van der Waals surface area contributed by atoms with Crippen LogP contribution in [0.1, 0.15) is 0 Å². The zero-order valence-electron chi connectivity index (χ0n) is 73.6. The predicted octanol–water partition coefficient (Wildman–Crippen LogP) is 34.0. The predicted molar refractivity (Wildman–Crippen MR) is 570 cm³/mol. The SMILES string of the molecule is c1ccc(-c2nc(-c3ccccc3)nc(-c3cc(-c4c(-c5ccccc5)cccc4-c4ccccc4)ccc3-c3ccc4c(c3)sc3ccc5c6ccccc6n(-c6ccccc6)c5c34)n2)cc1.c1ccc(-c2nc(-c3ccccc3)nc(-c3cc(-c4c(-c5ccccc5)cccc4-c4ccccc4)ccc3-c3cccc4c3sc3ccc5c6ccccc6n(-c6ccccc6)c5c34)n2)cc1. The second-order valence-corrected chi connectivity index (χ2v) is 36.3. The molecule has 0 unspecified atom stereocenters. The van der Waals surface area contributed by atoms with Crippen LogP contribution < -0.4 is 0 Å². The van der Waals surface area contributed by atoms with Gasteiger partial charge in [-0.25, -0.2) is 29.9 Å². The Morgan fingerprint density at radius 2 is 0.463 bits per heavy atom. The van der Waals surface area contributed by atoms with Gasteiger partial charge >= 0.3 is 0 Å². The Bertz CT molecular complexity index is 8810. The van der Waals surface area contributed by atoms with Gasteiger partial charge in [0, 0.05) is 112 Å². The number of hydrogen-bond donors (Lipinski definition) is 0. The van der Waals surface area contributed by atoms with Crippen molar-refractivity contribution in [1.29, 1.82) is 0 Å². The highest BCUT2D eigenvalue weighted by Crippen LogP contribution is 2.52. The number of nitrogens with zero attached hydrogens (tertiary/aromatic N) is 8. The molecule has 6 aromatic heterocycles. The highest BCUT2D eigenvalue weighted by molar-refractivity contribution is 7.26. The van der Waals surface area contributed by atoms with Gasteiger partial charge < -0.3 is 9.13 Å². The van der Waals surface area contributed by atoms with Crippen LogP contribution in [0.5, 0.6) is 0 Å². The van der Waals surface area contributed by atoms with E-state index in [1.807, 2.05) is 95.5 Å². The lowest BCUT2D eigenvalue weighted by Gasteiger charge is -2.19. The van der Waals surface area contributed by atoms with Crippen LogP contribution in [0.4, 0.5) is 0 Å². The largest absolute Gasteiger partial charge is 0.309 e. The molecule has 136 heavy (non-hydrogen) atoms. The smallest absolute Gasteiger partial charge is 0.164 e. The maximum Gasteiger partial charge on any atom is 0.164 e. The molecule has 20 aromatic carbocycles. The molecule has 636 valence electrons. The molecular weight excluding hydrogens is 1690 g/mol. The first kappa shape index (κ1) is 80.5. The Kier molecular flexibility index (Phi) is 20.5. The summed E-state index contributed by atoms with van der Waals surface area (Å²) in [6.07, 6.45) is 0. The fourth-order valence-electron chi connectivity index (χ4n) is 20.0. The third-order valence-electron chi connectivity index (χ3n) is 26.2. The molecule has 0 aliphatic carbocycles. The normalized spacial score (nSPS) is 11.5. The van der Waals surface area contributed by atoms with Gasteiger partial charge in [-0.1, -0.05) is 419 Å². The van der Waals surface area contributed by atoms with Crippen LogP contribution in [0.15, 0.2) is 485 Å². The lowest BCUT2D eigenvalue weighted by molar-refractivity contribution is 1.07. The molecule has 0 N–H and O–H groups in total. The van der Waals surface area contributed by atoms with Crippen molar-refractivity contribution in [3.8, 4) is 169 Å². The van der Waals surface area contributed by atoms with E-state index in [2.05, 4.69) is 422 Å². The van der Waals surface area contributed by atoms with E-state index in [0.29, 0.717) is 34.9 Å². The quantitative estimate of drug-likeness (QED) is 0.0958. The summed E-state index contributed by atoms with van der Waals surface area (Å²) in [5, 5.41) is 9.96. The van der Waals surface area contributed by atoms with Crippen LogP contribution in [-0.4, -0.2) is 39.0 Å². The summed E-state index contributed by atoms with van der Waals surface area (Å²) in [5.74, 6) is 3.71. The van der Waals surface area contributed by atoms with E-state index in [0.717, 1.165) is 134 Å². The molecule has 0 saturated carbocycles. The summed E-state index contributed by atoms with van der Waals surface area (Å²) < 4.78 is 9.81. The standard InChI is InChI=1S/2C63H40N4S/c1-6-20-41(21-7-1)47-31-18-32-48(42-22-8-2-9-23-42)57(47)45-36-37-49(54(40-45)63-65-61(43-24-10-3-11-25-43)64-62(66-63)44-26-12-4-13-27-44)52-33-19-34-53-58-56(68-60(52)53)39-38-51-50-30-16-17-35-55(50)67(59(51)58)46-28-14-5-15-29-46;1-6-19-41(20-7-1)49-30-18-31-50(42-21-8-2-9-22-42)58(49)46-34-35-48(54(39-46)63-65-61(43-23-10-3-11-24-43)64-62(66-63)44-25-12-4-13-26-44)45-33-36-53-57(40-45)68-56-38-37-52-51-29-16-17-32-55(51)67(60(52)59(53)56)47-27-14-5-15-28-47/h2*1-40H. The third-order valence-corrected chi connectivity index (χ3v) is 28.5. The number of benzene rings is 20. The number of thiophene rings is 2. The first-order valence-corrected chi connectivity index (χ1v) is 47.5. The molecule has 0 atom stereocenters. The molecule has 6 heterocycles. The van der Waals surface area contributed by atoms with Gasteiger partial charge in [0.2, 0.25) is 0 Å². The van der Waals surface area contributed by atoms with Gasteiger partial charge in [-0.2, -0.15) is 0 Å². The van der Waals surface area contributed by atoms with Crippen molar-refractivity contribution in [2.75, 3.05) is 0 Å². The monoisotopic (exact) mass is 1770 g/mol. The van der Waals surface area contributed by atoms with Crippen LogP contribution in [0, 0.1) is 0 Å². The Morgan fingerprint density at radius 1 is 0.162 bits per heavy atom. The minimum Gasteiger partial charge on any atom is -0.309 e. The molecule has 0 aliphatic heterocycles. The number of para-hydroxylation sites is 4. The highest BCUT2D eigenvalue weighted by Gasteiger charge is 2.28. The average Bonchev–Trinajstić information content (AvgIpc) is 1.55. The molecule has 0 aliphatic rings. The van der Waals surface area contributed by atoms with E-state index in [-0.39, 0.29) is 0 Å². The number of fused-ring (bicyclic) bond motifs is 14. The molecular formula is C126H80N8S2. The van der Waals surface area contributed by atoms with Crippen molar-refractivity contribution >= 4 is 107 Å². The molecule has 0 radical (unpaired) electrons. The molecule has 8 nitrogen and oxygen atoms in total. The minimum absolute atomic E-state index is 0.609. The fourth-order valence-corrected chi connectivity index (χ4v) is 22.4. The maximum atomic E-state index is 5.39. The van der Waals surface area contributed by atoms with E-state index in [1.54, 1.807) is 0 Å². The van der Waals surface area contributed by atoms with Gasteiger partial charge in [0.05, 0.1) is 22.1 Å². The summed E-state index contributed by atoms with van der Waals surface area (Å²) in [4.78, 5) is 31.7. The molecule has 0 amide bonds. The Balaban J connectivity index is 0.000000145. The van der Waals surface area contributed by atoms with Gasteiger partial charge in [0.1, 0.15) is 0 Å². The van der Waals surface area contributed by atoms with Crippen LogP contribution in [0.2, 0.25) is 0 Å². The summed E-state index contributed by atoms with van der Waals surface area (Å²) in [7, 11) is 0. The van der Waals surface area contributed by atoms with Crippen molar-refractivity contribution in [3.63, 3.8) is 0 Å². The van der Waals surface area contributed by atoms with Crippen molar-refractivity contribution in [1.82, 2.24) is 39.0 Å². The summed E-state index contributed by atoms with van der Waals surface area (Å²) in [6, 6.07) is 173. The Labute approximate surface area is 793 Å². The topological polar surface area (TPSA) is 87.2 Å². The van der Waals surface area contributed by atoms with Crippen molar-refractivity contribution in [2.24, 2.45) is 0 Å². The second kappa shape index (κ2) is 34.6. The van der Waals surface area contributed by atoms with Crippen LogP contribution in [-0.2, 0) is 0 Å². The van der Waals surface area contributed by atoms with Crippen LogP contribution >= 0.6 is 22.7 Å². The fraction of sp³-hybridized carbons (Fsp3) is 0. The molecule has 26 rings (SSSR count). The van der Waals surface area contributed by atoms with E-state index in [9.17, 15) is 0 Å². The van der Waals surface area contributed by atoms with Gasteiger partial charge in [0.15, 0.2) is 34.9 Å². The second-order valence-electron chi connectivity index (χ2n) is 34.2. The van der Waals surface area contributed by atoms with Gasteiger partial charge in [-0.05, 0) is 150 Å². The summed E-state index contributed by atoms with van der Waals surface area (Å²) in [6.45, 7) is 0. The number of aromatic nitrogens is 8. The van der Waals surface area contributed by atoms with E-state index in [1.165, 1.54) is 84.0 Å². The summed E-state index contributed by atoms with van der Waals surface area (Å²) in [5.41, 5.74) is 30.7. The van der Waals surface area contributed by atoms with E-state index in [4.69, 9.17) is 29.9 Å². The summed E-state index contributed by atoms with van der Waals surface area (Å²) >= 11 is 3.69. The average molecular weight is 1770 g/mol. The van der Waals surface area contributed by atoms with Crippen molar-refractivity contribution < 1.29 is 0 Å². The first-order valence-electron chi connectivity index (χ1n) is 45.9. The Morgan fingerprint density at radius 3 is 0.868 bits per heavy atom. The molecule has 26 aromatic rings. The van der Waals surface area contributed by atoms with Crippen molar-refractivity contribution in [2.45, 2.75) is 0 Å². The zero-order valence-corrected chi connectivity index (χ0v) is 75.2. The zero-order chi connectivity index (χ0) is 89.9. The van der Waals surface area contributed by atoms with Gasteiger partial charge in [-0.3, -0.25) is 0 Å². The lowest BCUT2D eigenvalue weighted by atomic mass is 9.85. The Hall–Kier alpha value is -17.5. The molecule has 0 saturated heterocycles. The third kappa shape index (κ3) is 14.5. The molecule has 0 fully saturated rings. The number of rotatable bonds is 16. The molecule has 0 bridgehead atoms. The van der Waals surface area contributed by atoms with Gasteiger partial charge in [0.25, 0.3) is 0 Å². The van der Waals surface area contributed by atoms with E-state index >= 15 is 0 Å². The maximum absolute atomic E-state index is 5.39. The van der Waals surface area contributed by atoms with Crippen LogP contribution in [0.3, 0.4) is 0 Å². The van der Waals surface area contributed by atoms with Gasteiger partial charge in [-0.15, -0.1) is 22.7 Å². The first-order chi connectivity index (χ1) is 67.5. The minimum atomic E-state index is 0.609. The van der Waals surface area contributed by atoms with Crippen LogP contribution in [0.25, 0.3) is 253 Å². The van der Waals surface area contributed by atoms with Crippen molar-refractivity contribution in [3.05, 3.63) is 485 Å². The lowest BCUT2D eigenvalue weighted by Crippen LogP contribution is -2.01. The van der Waals surface area contributed by atoms with E-state index < -0.39 is 0 Å². The molecule has 10 heteroatoms. The molecule has 0 spiro atoms. The number of hydrogen-bond acceptors (Lipinski definition) is 8.